The Morgan fingerprint density at radius 1 is 1.08 bits per heavy atom. The molecule has 0 saturated carbocycles. The molecule has 0 aliphatic rings. The second-order valence-corrected chi connectivity index (χ2v) is 5.76. The molecule has 0 aliphatic carbocycles. The first-order valence-corrected chi connectivity index (χ1v) is 7.81. The zero-order valence-corrected chi connectivity index (χ0v) is 14.0. The van der Waals surface area contributed by atoms with Gasteiger partial charge in [0.05, 0.1) is 5.56 Å². The van der Waals surface area contributed by atoms with E-state index in [1.54, 1.807) is 24.3 Å². The predicted octanol–water partition coefficient (Wildman–Crippen LogP) is 4.57. The molecule has 2 N–H and O–H groups in total. The number of anilines is 3. The number of benzene rings is 2. The first kappa shape index (κ1) is 16.9. The SMILES string of the molecule is Cc1ccc(NC(=O)c2cnc(Nc3cccc(F)c3)nc2)cc1Cl. The number of nitrogens with zero attached hydrogens (tertiary/aromatic N) is 2. The summed E-state index contributed by atoms with van der Waals surface area (Å²) in [7, 11) is 0. The lowest BCUT2D eigenvalue weighted by atomic mass is 10.2. The average molecular weight is 357 g/mol. The lowest BCUT2D eigenvalue weighted by Gasteiger charge is -2.08. The number of halogens is 2. The van der Waals surface area contributed by atoms with Gasteiger partial charge in [-0.1, -0.05) is 23.7 Å². The molecular formula is C18H14ClFN4O. The molecule has 1 heterocycles. The van der Waals surface area contributed by atoms with Crippen LogP contribution in [0, 0.1) is 12.7 Å². The van der Waals surface area contributed by atoms with Crippen molar-refractivity contribution >= 4 is 34.8 Å². The molecule has 1 aromatic heterocycles. The third-order valence-electron chi connectivity index (χ3n) is 3.42. The molecule has 126 valence electrons. The van der Waals surface area contributed by atoms with Crippen LogP contribution in [0.2, 0.25) is 5.02 Å². The number of carbonyl (C=O) groups is 1. The van der Waals surface area contributed by atoms with Gasteiger partial charge in [0, 0.05) is 28.8 Å². The van der Waals surface area contributed by atoms with E-state index in [1.807, 2.05) is 13.0 Å². The molecule has 1 amide bonds. The number of nitrogens with one attached hydrogen (secondary N) is 2. The lowest BCUT2D eigenvalue weighted by Crippen LogP contribution is -2.13. The van der Waals surface area contributed by atoms with Crippen LogP contribution >= 0.6 is 11.6 Å². The Labute approximate surface area is 148 Å². The van der Waals surface area contributed by atoms with Gasteiger partial charge in [-0.15, -0.1) is 0 Å². The van der Waals surface area contributed by atoms with E-state index in [4.69, 9.17) is 11.6 Å². The van der Waals surface area contributed by atoms with Gasteiger partial charge in [0.2, 0.25) is 5.95 Å². The highest BCUT2D eigenvalue weighted by Crippen LogP contribution is 2.20. The van der Waals surface area contributed by atoms with Gasteiger partial charge < -0.3 is 10.6 Å². The lowest BCUT2D eigenvalue weighted by molar-refractivity contribution is 0.102. The zero-order valence-electron chi connectivity index (χ0n) is 13.3. The van der Waals surface area contributed by atoms with Crippen LogP contribution in [0.3, 0.4) is 0 Å². The van der Waals surface area contributed by atoms with E-state index in [0.717, 1.165) is 5.56 Å². The van der Waals surface area contributed by atoms with Crippen molar-refractivity contribution in [2.24, 2.45) is 0 Å². The molecule has 2 aromatic carbocycles. The maximum Gasteiger partial charge on any atom is 0.258 e. The summed E-state index contributed by atoms with van der Waals surface area (Å²) in [5.74, 6) is -0.449. The first-order valence-electron chi connectivity index (χ1n) is 7.43. The van der Waals surface area contributed by atoms with E-state index in [1.165, 1.54) is 24.5 Å². The molecule has 0 bridgehead atoms. The molecule has 0 spiro atoms. The van der Waals surface area contributed by atoms with E-state index in [9.17, 15) is 9.18 Å². The minimum absolute atomic E-state index is 0.264. The van der Waals surface area contributed by atoms with Gasteiger partial charge >= 0.3 is 0 Å². The van der Waals surface area contributed by atoms with Crippen molar-refractivity contribution < 1.29 is 9.18 Å². The van der Waals surface area contributed by atoms with Crippen molar-refractivity contribution in [3.8, 4) is 0 Å². The summed E-state index contributed by atoms with van der Waals surface area (Å²) in [6.07, 6.45) is 2.78. The van der Waals surface area contributed by atoms with Gasteiger partial charge in [-0.2, -0.15) is 0 Å². The third kappa shape index (κ3) is 4.30. The van der Waals surface area contributed by atoms with Crippen molar-refractivity contribution in [1.29, 1.82) is 0 Å². The summed E-state index contributed by atoms with van der Waals surface area (Å²) in [5, 5.41) is 6.17. The van der Waals surface area contributed by atoms with Crippen LogP contribution in [0.4, 0.5) is 21.7 Å². The quantitative estimate of drug-likeness (QED) is 0.718. The first-order chi connectivity index (χ1) is 12.0. The number of amides is 1. The minimum Gasteiger partial charge on any atom is -0.324 e. The van der Waals surface area contributed by atoms with E-state index in [2.05, 4.69) is 20.6 Å². The third-order valence-corrected chi connectivity index (χ3v) is 3.83. The molecule has 3 aromatic rings. The van der Waals surface area contributed by atoms with Gasteiger partial charge in [-0.3, -0.25) is 4.79 Å². The maximum absolute atomic E-state index is 13.2. The number of rotatable bonds is 4. The van der Waals surface area contributed by atoms with Crippen LogP contribution in [0.25, 0.3) is 0 Å². The highest BCUT2D eigenvalue weighted by molar-refractivity contribution is 6.31. The van der Waals surface area contributed by atoms with E-state index >= 15 is 0 Å². The normalized spacial score (nSPS) is 10.4. The Morgan fingerprint density at radius 3 is 2.52 bits per heavy atom. The van der Waals surface area contributed by atoms with Crippen LogP contribution in [-0.2, 0) is 0 Å². The standard InChI is InChI=1S/C18H14ClFN4O/c1-11-5-6-15(8-16(11)19)23-17(25)12-9-21-18(22-10-12)24-14-4-2-3-13(20)7-14/h2-10H,1H3,(H,23,25)(H,21,22,24). The number of aryl methyl sites for hydroxylation is 1. The summed E-state index contributed by atoms with van der Waals surface area (Å²) in [5.41, 5.74) is 2.33. The molecular weight excluding hydrogens is 343 g/mol. The van der Waals surface area contributed by atoms with Crippen molar-refractivity contribution in [2.75, 3.05) is 10.6 Å². The predicted molar refractivity (Wildman–Crippen MR) is 95.9 cm³/mol. The van der Waals surface area contributed by atoms with E-state index in [0.29, 0.717) is 22.0 Å². The van der Waals surface area contributed by atoms with Gasteiger partial charge in [-0.25, -0.2) is 14.4 Å². The molecule has 0 saturated heterocycles. The highest BCUT2D eigenvalue weighted by atomic mass is 35.5. The summed E-state index contributed by atoms with van der Waals surface area (Å²) in [4.78, 5) is 20.4. The van der Waals surface area contributed by atoms with E-state index < -0.39 is 0 Å². The van der Waals surface area contributed by atoms with Crippen LogP contribution in [0.1, 0.15) is 15.9 Å². The molecule has 25 heavy (non-hydrogen) atoms. The summed E-state index contributed by atoms with van der Waals surface area (Å²) in [6, 6.07) is 11.2. The number of hydrogen-bond acceptors (Lipinski definition) is 4. The average Bonchev–Trinajstić information content (AvgIpc) is 2.59. The number of hydrogen-bond donors (Lipinski definition) is 2. The molecule has 0 radical (unpaired) electrons. The Morgan fingerprint density at radius 2 is 1.84 bits per heavy atom. The summed E-state index contributed by atoms with van der Waals surface area (Å²) >= 11 is 6.04. The van der Waals surface area contributed by atoms with Crippen LogP contribution in [-0.4, -0.2) is 15.9 Å². The van der Waals surface area contributed by atoms with Crippen molar-refractivity contribution in [2.45, 2.75) is 6.92 Å². The number of aromatic nitrogens is 2. The van der Waals surface area contributed by atoms with Gasteiger partial charge in [0.25, 0.3) is 5.91 Å². The molecule has 0 atom stereocenters. The Kier molecular flexibility index (Phi) is 4.90. The fraction of sp³-hybridized carbons (Fsp3) is 0.0556. The molecule has 0 fully saturated rings. The van der Waals surface area contributed by atoms with Gasteiger partial charge in [0.15, 0.2) is 0 Å². The number of carbonyl (C=O) groups excluding carboxylic acids is 1. The van der Waals surface area contributed by atoms with Crippen LogP contribution in [0.15, 0.2) is 54.9 Å². The van der Waals surface area contributed by atoms with Crippen molar-refractivity contribution in [1.82, 2.24) is 9.97 Å². The van der Waals surface area contributed by atoms with Crippen molar-refractivity contribution in [3.63, 3.8) is 0 Å². The summed E-state index contributed by atoms with van der Waals surface area (Å²) in [6.45, 7) is 1.88. The van der Waals surface area contributed by atoms with E-state index in [-0.39, 0.29) is 17.7 Å². The second-order valence-electron chi connectivity index (χ2n) is 5.35. The highest BCUT2D eigenvalue weighted by Gasteiger charge is 2.09. The second kappa shape index (κ2) is 7.27. The topological polar surface area (TPSA) is 66.9 Å². The minimum atomic E-state index is -0.363. The van der Waals surface area contributed by atoms with Crippen LogP contribution < -0.4 is 10.6 Å². The molecule has 0 unspecified atom stereocenters. The Hall–Kier alpha value is -2.99. The summed E-state index contributed by atoms with van der Waals surface area (Å²) < 4.78 is 13.2. The van der Waals surface area contributed by atoms with Crippen LogP contribution in [0.5, 0.6) is 0 Å². The molecule has 5 nitrogen and oxygen atoms in total. The Balaban J connectivity index is 1.68. The zero-order chi connectivity index (χ0) is 17.8. The smallest absolute Gasteiger partial charge is 0.258 e. The Bertz CT molecular complexity index is 915. The molecule has 0 aliphatic heterocycles. The van der Waals surface area contributed by atoms with Gasteiger partial charge in [-0.05, 0) is 42.8 Å². The van der Waals surface area contributed by atoms with Gasteiger partial charge in [0.1, 0.15) is 5.82 Å². The monoisotopic (exact) mass is 356 g/mol. The fourth-order valence-electron chi connectivity index (χ4n) is 2.08. The van der Waals surface area contributed by atoms with Crippen molar-refractivity contribution in [3.05, 3.63) is 76.8 Å². The molecule has 3 rings (SSSR count). The fourth-order valence-corrected chi connectivity index (χ4v) is 2.26. The largest absolute Gasteiger partial charge is 0.324 e. The maximum atomic E-state index is 13.2. The molecule has 7 heteroatoms.